The summed E-state index contributed by atoms with van der Waals surface area (Å²) < 4.78 is 0.941. The second kappa shape index (κ2) is 6.88. The van der Waals surface area contributed by atoms with Crippen LogP contribution in [0.5, 0.6) is 0 Å². The molecule has 4 nitrogen and oxygen atoms in total. The molecule has 0 saturated carbocycles. The van der Waals surface area contributed by atoms with Crippen LogP contribution in [-0.4, -0.2) is 23.5 Å². The van der Waals surface area contributed by atoms with E-state index in [4.69, 9.17) is 0 Å². The largest absolute Gasteiger partial charge is 0.481 e. The number of benzene rings is 1. The number of hydrogen-bond donors (Lipinski definition) is 2. The Morgan fingerprint density at radius 2 is 1.90 bits per heavy atom. The molecule has 0 fully saturated rings. The number of nitrogens with one attached hydrogen (secondary N) is 1. The maximum absolute atomic E-state index is 12.1. The molecule has 0 aromatic heterocycles. The van der Waals surface area contributed by atoms with Gasteiger partial charge in [-0.2, -0.15) is 0 Å². The SMILES string of the molecule is CCC(CC)(CNC(=O)c1ccc(Br)c(C)c1)C(=O)O. The first-order valence-corrected chi connectivity index (χ1v) is 7.43. The summed E-state index contributed by atoms with van der Waals surface area (Å²) in [5.41, 5.74) is 0.616. The summed E-state index contributed by atoms with van der Waals surface area (Å²) >= 11 is 3.38. The zero-order chi connectivity index (χ0) is 15.3. The van der Waals surface area contributed by atoms with Crippen LogP contribution in [0.3, 0.4) is 0 Å². The maximum Gasteiger partial charge on any atom is 0.311 e. The van der Waals surface area contributed by atoms with Crippen LogP contribution >= 0.6 is 15.9 Å². The third-order valence-corrected chi connectivity index (χ3v) is 4.70. The number of carbonyl (C=O) groups is 2. The van der Waals surface area contributed by atoms with E-state index in [1.165, 1.54) is 0 Å². The van der Waals surface area contributed by atoms with Gasteiger partial charge in [0, 0.05) is 16.6 Å². The minimum atomic E-state index is -0.889. The van der Waals surface area contributed by atoms with Crippen molar-refractivity contribution in [3.05, 3.63) is 33.8 Å². The molecule has 0 bridgehead atoms. The number of carbonyl (C=O) groups excluding carboxylic acids is 1. The number of halogens is 1. The number of amides is 1. The second-order valence-corrected chi connectivity index (χ2v) is 5.79. The molecule has 2 N–H and O–H groups in total. The first kappa shape index (κ1) is 16.7. The van der Waals surface area contributed by atoms with Gasteiger partial charge in [-0.15, -0.1) is 0 Å². The first-order chi connectivity index (χ1) is 9.36. The van der Waals surface area contributed by atoms with Gasteiger partial charge in [0.25, 0.3) is 5.91 Å². The summed E-state index contributed by atoms with van der Waals surface area (Å²) in [6, 6.07) is 5.31. The number of carboxylic acid groups (broad SMARTS) is 1. The zero-order valence-electron chi connectivity index (χ0n) is 12.0. The lowest BCUT2D eigenvalue weighted by atomic mass is 9.82. The van der Waals surface area contributed by atoms with Crippen molar-refractivity contribution in [3.8, 4) is 0 Å². The van der Waals surface area contributed by atoms with E-state index >= 15 is 0 Å². The molecule has 5 heteroatoms. The summed E-state index contributed by atoms with van der Waals surface area (Å²) in [7, 11) is 0. The Bertz CT molecular complexity index is 510. The van der Waals surface area contributed by atoms with Crippen molar-refractivity contribution in [2.45, 2.75) is 33.6 Å². The summed E-state index contributed by atoms with van der Waals surface area (Å²) in [5, 5.41) is 12.1. The number of carboxylic acids is 1. The highest BCUT2D eigenvalue weighted by Gasteiger charge is 2.35. The van der Waals surface area contributed by atoms with Crippen LogP contribution in [0, 0.1) is 12.3 Å². The molecule has 0 saturated heterocycles. The molecular weight excluding hydrogens is 322 g/mol. The Kier molecular flexibility index (Phi) is 5.74. The molecule has 0 spiro atoms. The molecule has 0 aliphatic heterocycles. The maximum atomic E-state index is 12.1. The first-order valence-electron chi connectivity index (χ1n) is 6.64. The molecule has 110 valence electrons. The molecule has 20 heavy (non-hydrogen) atoms. The van der Waals surface area contributed by atoms with E-state index < -0.39 is 11.4 Å². The average molecular weight is 342 g/mol. The molecular formula is C15H20BrNO3. The van der Waals surface area contributed by atoms with Crippen LogP contribution in [0.2, 0.25) is 0 Å². The molecule has 0 aliphatic rings. The Hall–Kier alpha value is -1.36. The summed E-state index contributed by atoms with van der Waals surface area (Å²) in [4.78, 5) is 23.5. The van der Waals surface area contributed by atoms with Crippen molar-refractivity contribution in [2.24, 2.45) is 5.41 Å². The van der Waals surface area contributed by atoms with Gasteiger partial charge in [0.1, 0.15) is 0 Å². The van der Waals surface area contributed by atoms with Gasteiger partial charge < -0.3 is 10.4 Å². The van der Waals surface area contributed by atoms with Crippen molar-refractivity contribution < 1.29 is 14.7 Å². The van der Waals surface area contributed by atoms with E-state index in [0.29, 0.717) is 18.4 Å². The smallest absolute Gasteiger partial charge is 0.311 e. The molecule has 1 aromatic rings. The van der Waals surface area contributed by atoms with Gasteiger partial charge >= 0.3 is 5.97 Å². The molecule has 0 radical (unpaired) electrons. The topological polar surface area (TPSA) is 66.4 Å². The lowest BCUT2D eigenvalue weighted by molar-refractivity contribution is -0.149. The molecule has 1 aromatic carbocycles. The van der Waals surface area contributed by atoms with Crippen molar-refractivity contribution in [1.82, 2.24) is 5.32 Å². The van der Waals surface area contributed by atoms with Crippen molar-refractivity contribution >= 4 is 27.8 Å². The number of aliphatic carboxylic acids is 1. The number of hydrogen-bond acceptors (Lipinski definition) is 2. The molecule has 0 heterocycles. The van der Waals surface area contributed by atoms with Crippen LogP contribution in [0.1, 0.15) is 42.6 Å². The Labute approximate surface area is 127 Å². The van der Waals surface area contributed by atoms with Crippen LogP contribution in [0.15, 0.2) is 22.7 Å². The van der Waals surface area contributed by atoms with Gasteiger partial charge in [-0.1, -0.05) is 29.8 Å². The van der Waals surface area contributed by atoms with Crippen LogP contribution in [-0.2, 0) is 4.79 Å². The predicted molar refractivity (Wildman–Crippen MR) is 81.9 cm³/mol. The van der Waals surface area contributed by atoms with Crippen molar-refractivity contribution in [3.63, 3.8) is 0 Å². The van der Waals surface area contributed by atoms with Crippen LogP contribution in [0.4, 0.5) is 0 Å². The monoisotopic (exact) mass is 341 g/mol. The third kappa shape index (κ3) is 3.60. The third-order valence-electron chi connectivity index (χ3n) is 3.81. The quantitative estimate of drug-likeness (QED) is 0.833. The predicted octanol–water partition coefficient (Wildman–Crippen LogP) is 3.38. The zero-order valence-corrected chi connectivity index (χ0v) is 13.6. The highest BCUT2D eigenvalue weighted by Crippen LogP contribution is 2.26. The fraction of sp³-hybridized carbons (Fsp3) is 0.467. The number of rotatable bonds is 6. The van der Waals surface area contributed by atoms with Gasteiger partial charge in [0.05, 0.1) is 5.41 Å². The highest BCUT2D eigenvalue weighted by molar-refractivity contribution is 9.10. The van der Waals surface area contributed by atoms with Crippen LogP contribution < -0.4 is 5.32 Å². The van der Waals surface area contributed by atoms with E-state index in [1.807, 2.05) is 26.8 Å². The van der Waals surface area contributed by atoms with E-state index in [-0.39, 0.29) is 12.5 Å². The normalized spacial score (nSPS) is 11.2. The van der Waals surface area contributed by atoms with E-state index in [1.54, 1.807) is 12.1 Å². The minimum Gasteiger partial charge on any atom is -0.481 e. The minimum absolute atomic E-state index is 0.142. The highest BCUT2D eigenvalue weighted by atomic mass is 79.9. The Balaban J connectivity index is 2.80. The summed E-state index contributed by atoms with van der Waals surface area (Å²) in [5.74, 6) is -1.11. The van der Waals surface area contributed by atoms with Gasteiger partial charge in [-0.05, 0) is 43.5 Å². The Morgan fingerprint density at radius 1 is 1.30 bits per heavy atom. The van der Waals surface area contributed by atoms with Gasteiger partial charge in [-0.3, -0.25) is 9.59 Å². The van der Waals surface area contributed by atoms with Gasteiger partial charge in [0.15, 0.2) is 0 Å². The van der Waals surface area contributed by atoms with E-state index in [9.17, 15) is 14.7 Å². The lowest BCUT2D eigenvalue weighted by Crippen LogP contribution is -2.42. The fourth-order valence-corrected chi connectivity index (χ4v) is 2.26. The lowest BCUT2D eigenvalue weighted by Gasteiger charge is -2.26. The Morgan fingerprint density at radius 3 is 2.35 bits per heavy atom. The average Bonchev–Trinajstić information content (AvgIpc) is 2.43. The van der Waals surface area contributed by atoms with Crippen molar-refractivity contribution in [2.75, 3.05) is 6.54 Å². The second-order valence-electron chi connectivity index (χ2n) is 4.94. The summed E-state index contributed by atoms with van der Waals surface area (Å²) in [6.45, 7) is 5.70. The molecule has 0 atom stereocenters. The van der Waals surface area contributed by atoms with Gasteiger partial charge in [-0.25, -0.2) is 0 Å². The standard InChI is InChI=1S/C15H20BrNO3/c1-4-15(5-2,14(19)20)9-17-13(18)11-6-7-12(16)10(3)8-11/h6-8H,4-5,9H2,1-3H3,(H,17,18)(H,19,20). The van der Waals surface area contributed by atoms with Crippen LogP contribution in [0.25, 0.3) is 0 Å². The molecule has 1 amide bonds. The molecule has 0 unspecified atom stereocenters. The molecule has 0 aliphatic carbocycles. The van der Waals surface area contributed by atoms with Crippen molar-refractivity contribution in [1.29, 1.82) is 0 Å². The summed E-state index contributed by atoms with van der Waals surface area (Å²) in [6.07, 6.45) is 0.969. The number of aryl methyl sites for hydroxylation is 1. The van der Waals surface area contributed by atoms with E-state index in [0.717, 1.165) is 10.0 Å². The van der Waals surface area contributed by atoms with Gasteiger partial charge in [0.2, 0.25) is 0 Å². The van der Waals surface area contributed by atoms with E-state index in [2.05, 4.69) is 21.2 Å². The molecule has 1 rings (SSSR count). The fourth-order valence-electron chi connectivity index (χ4n) is 2.02.